The SMILES string of the molecule is Brc1ccc2cc(NC3CCNCC3)ccc2c1. The molecule has 94 valence electrons. The Bertz CT molecular complexity index is 547. The van der Waals surface area contributed by atoms with Gasteiger partial charge in [0.05, 0.1) is 0 Å². The lowest BCUT2D eigenvalue weighted by molar-refractivity contribution is 0.479. The van der Waals surface area contributed by atoms with Crippen LogP contribution in [-0.2, 0) is 0 Å². The summed E-state index contributed by atoms with van der Waals surface area (Å²) in [5.41, 5.74) is 1.23. The Labute approximate surface area is 116 Å². The smallest absolute Gasteiger partial charge is 0.0348 e. The van der Waals surface area contributed by atoms with Gasteiger partial charge in [0, 0.05) is 16.2 Å². The zero-order chi connectivity index (χ0) is 12.4. The molecule has 0 aliphatic carbocycles. The summed E-state index contributed by atoms with van der Waals surface area (Å²) in [4.78, 5) is 0. The molecule has 1 fully saturated rings. The number of rotatable bonds is 2. The van der Waals surface area contributed by atoms with Gasteiger partial charge in [0.15, 0.2) is 0 Å². The lowest BCUT2D eigenvalue weighted by atomic mass is 10.1. The second-order valence-corrected chi connectivity index (χ2v) is 5.79. The van der Waals surface area contributed by atoms with E-state index in [0.717, 1.165) is 17.6 Å². The zero-order valence-electron chi connectivity index (χ0n) is 10.2. The Balaban J connectivity index is 1.82. The van der Waals surface area contributed by atoms with Crippen LogP contribution in [0.25, 0.3) is 10.8 Å². The topological polar surface area (TPSA) is 24.1 Å². The van der Waals surface area contributed by atoms with Crippen LogP contribution in [0.3, 0.4) is 0 Å². The van der Waals surface area contributed by atoms with E-state index >= 15 is 0 Å². The molecule has 0 aromatic heterocycles. The van der Waals surface area contributed by atoms with Gasteiger partial charge in [-0.1, -0.05) is 28.1 Å². The Kier molecular flexibility index (Phi) is 3.52. The van der Waals surface area contributed by atoms with E-state index in [1.807, 2.05) is 0 Å². The molecule has 0 atom stereocenters. The predicted molar refractivity (Wildman–Crippen MR) is 81.2 cm³/mol. The maximum Gasteiger partial charge on any atom is 0.0348 e. The van der Waals surface area contributed by atoms with Gasteiger partial charge < -0.3 is 10.6 Å². The molecule has 0 radical (unpaired) electrons. The highest BCUT2D eigenvalue weighted by atomic mass is 79.9. The number of hydrogen-bond acceptors (Lipinski definition) is 2. The summed E-state index contributed by atoms with van der Waals surface area (Å²) in [6, 6.07) is 13.6. The number of hydrogen-bond donors (Lipinski definition) is 2. The molecule has 0 amide bonds. The number of benzene rings is 2. The summed E-state index contributed by atoms with van der Waals surface area (Å²) < 4.78 is 1.13. The number of piperidine rings is 1. The number of nitrogens with one attached hydrogen (secondary N) is 2. The third kappa shape index (κ3) is 2.68. The van der Waals surface area contributed by atoms with Gasteiger partial charge in [0.1, 0.15) is 0 Å². The van der Waals surface area contributed by atoms with Crippen molar-refractivity contribution in [1.82, 2.24) is 5.32 Å². The molecule has 0 unspecified atom stereocenters. The third-order valence-electron chi connectivity index (χ3n) is 3.51. The second kappa shape index (κ2) is 5.29. The minimum atomic E-state index is 0.610. The van der Waals surface area contributed by atoms with E-state index in [1.165, 1.54) is 29.3 Å². The molecule has 1 saturated heterocycles. The van der Waals surface area contributed by atoms with Crippen LogP contribution in [0.4, 0.5) is 5.69 Å². The molecule has 3 rings (SSSR count). The minimum Gasteiger partial charge on any atom is -0.382 e. The van der Waals surface area contributed by atoms with Gasteiger partial charge in [-0.15, -0.1) is 0 Å². The first kappa shape index (κ1) is 12.0. The fourth-order valence-corrected chi connectivity index (χ4v) is 2.89. The Morgan fingerprint density at radius 1 is 1.00 bits per heavy atom. The Hall–Kier alpha value is -1.06. The summed E-state index contributed by atoms with van der Waals surface area (Å²) in [5, 5.41) is 9.59. The van der Waals surface area contributed by atoms with Crippen LogP contribution in [0, 0.1) is 0 Å². The van der Waals surface area contributed by atoms with Crippen LogP contribution >= 0.6 is 15.9 Å². The van der Waals surface area contributed by atoms with Crippen molar-refractivity contribution in [2.75, 3.05) is 18.4 Å². The van der Waals surface area contributed by atoms with Crippen LogP contribution in [-0.4, -0.2) is 19.1 Å². The second-order valence-electron chi connectivity index (χ2n) is 4.87. The fraction of sp³-hybridized carbons (Fsp3) is 0.333. The van der Waals surface area contributed by atoms with Crippen molar-refractivity contribution < 1.29 is 0 Å². The molecule has 1 aliphatic rings. The summed E-state index contributed by atoms with van der Waals surface area (Å²) >= 11 is 3.51. The van der Waals surface area contributed by atoms with Gasteiger partial charge in [-0.05, 0) is 61.0 Å². The molecule has 0 bridgehead atoms. The number of fused-ring (bicyclic) bond motifs is 1. The van der Waals surface area contributed by atoms with Crippen molar-refractivity contribution in [3.8, 4) is 0 Å². The quantitative estimate of drug-likeness (QED) is 0.882. The van der Waals surface area contributed by atoms with Crippen molar-refractivity contribution in [2.24, 2.45) is 0 Å². The predicted octanol–water partition coefficient (Wildman–Crippen LogP) is 3.77. The molecule has 0 saturated carbocycles. The molecule has 2 aromatic rings. The standard InChI is InChI=1S/C15H17BrN2/c16-13-3-1-12-10-15(4-2-11(12)9-13)18-14-5-7-17-8-6-14/h1-4,9-10,14,17-18H,5-8H2. The molecule has 2 N–H and O–H groups in total. The number of halogens is 1. The van der Waals surface area contributed by atoms with Crippen LogP contribution in [0.15, 0.2) is 40.9 Å². The van der Waals surface area contributed by atoms with Gasteiger partial charge in [0.25, 0.3) is 0 Å². The molecule has 3 heteroatoms. The lowest BCUT2D eigenvalue weighted by Crippen LogP contribution is -2.35. The van der Waals surface area contributed by atoms with Crippen molar-refractivity contribution in [3.63, 3.8) is 0 Å². The van der Waals surface area contributed by atoms with Crippen LogP contribution in [0.5, 0.6) is 0 Å². The maximum absolute atomic E-state index is 3.64. The van der Waals surface area contributed by atoms with Crippen LogP contribution < -0.4 is 10.6 Å². The highest BCUT2D eigenvalue weighted by Gasteiger charge is 2.12. The van der Waals surface area contributed by atoms with Crippen molar-refractivity contribution in [1.29, 1.82) is 0 Å². The van der Waals surface area contributed by atoms with Gasteiger partial charge in [-0.25, -0.2) is 0 Å². The van der Waals surface area contributed by atoms with Gasteiger partial charge in [-0.2, -0.15) is 0 Å². The first-order valence-electron chi connectivity index (χ1n) is 6.48. The highest BCUT2D eigenvalue weighted by molar-refractivity contribution is 9.10. The summed E-state index contributed by atoms with van der Waals surface area (Å²) in [5.74, 6) is 0. The maximum atomic E-state index is 3.64. The molecule has 2 nitrogen and oxygen atoms in total. The molecular weight excluding hydrogens is 288 g/mol. The van der Waals surface area contributed by atoms with E-state index < -0.39 is 0 Å². The van der Waals surface area contributed by atoms with Gasteiger partial charge >= 0.3 is 0 Å². The van der Waals surface area contributed by atoms with Gasteiger partial charge in [0.2, 0.25) is 0 Å². The molecule has 1 heterocycles. The monoisotopic (exact) mass is 304 g/mol. The van der Waals surface area contributed by atoms with E-state index in [1.54, 1.807) is 0 Å². The molecular formula is C15H17BrN2. The van der Waals surface area contributed by atoms with Crippen molar-refractivity contribution >= 4 is 32.4 Å². The van der Waals surface area contributed by atoms with Crippen molar-refractivity contribution in [2.45, 2.75) is 18.9 Å². The Morgan fingerprint density at radius 3 is 2.56 bits per heavy atom. The van der Waals surface area contributed by atoms with E-state index in [0.29, 0.717) is 6.04 Å². The molecule has 1 aliphatic heterocycles. The summed E-state index contributed by atoms with van der Waals surface area (Å²) in [7, 11) is 0. The van der Waals surface area contributed by atoms with Crippen molar-refractivity contribution in [3.05, 3.63) is 40.9 Å². The normalized spacial score (nSPS) is 16.9. The molecule has 18 heavy (non-hydrogen) atoms. The average molecular weight is 305 g/mol. The molecule has 0 spiro atoms. The van der Waals surface area contributed by atoms with Gasteiger partial charge in [-0.3, -0.25) is 0 Å². The first-order valence-corrected chi connectivity index (χ1v) is 7.27. The molecule has 2 aromatic carbocycles. The number of anilines is 1. The first-order chi connectivity index (χ1) is 8.81. The third-order valence-corrected chi connectivity index (χ3v) is 4.01. The fourth-order valence-electron chi connectivity index (χ4n) is 2.51. The lowest BCUT2D eigenvalue weighted by Gasteiger charge is -2.24. The van der Waals surface area contributed by atoms with E-state index in [2.05, 4.69) is 63.0 Å². The van der Waals surface area contributed by atoms with E-state index in [-0.39, 0.29) is 0 Å². The van der Waals surface area contributed by atoms with Crippen LogP contribution in [0.2, 0.25) is 0 Å². The van der Waals surface area contributed by atoms with E-state index in [4.69, 9.17) is 0 Å². The van der Waals surface area contributed by atoms with E-state index in [9.17, 15) is 0 Å². The van der Waals surface area contributed by atoms with Crippen LogP contribution in [0.1, 0.15) is 12.8 Å². The largest absolute Gasteiger partial charge is 0.382 e. The minimum absolute atomic E-state index is 0.610. The average Bonchev–Trinajstić information content (AvgIpc) is 2.40. The summed E-state index contributed by atoms with van der Waals surface area (Å²) in [6.07, 6.45) is 2.41. The Morgan fingerprint density at radius 2 is 1.72 bits per heavy atom. The highest BCUT2D eigenvalue weighted by Crippen LogP contribution is 2.24. The summed E-state index contributed by atoms with van der Waals surface area (Å²) in [6.45, 7) is 2.25. The zero-order valence-corrected chi connectivity index (χ0v) is 11.8.